The predicted molar refractivity (Wildman–Crippen MR) is 102 cm³/mol. The van der Waals surface area contributed by atoms with Crippen LogP contribution >= 0.6 is 0 Å². The van der Waals surface area contributed by atoms with Crippen molar-refractivity contribution < 1.29 is 4.42 Å². The lowest BCUT2D eigenvalue weighted by Gasteiger charge is -1.97. The highest BCUT2D eigenvalue weighted by Gasteiger charge is 2.19. The molecule has 0 aliphatic rings. The molecule has 122 valence electrons. The molecule has 0 unspecified atom stereocenters. The van der Waals surface area contributed by atoms with Gasteiger partial charge in [-0.1, -0.05) is 12.1 Å². The molecule has 0 atom stereocenters. The normalized spacial score (nSPS) is 12.4. The maximum Gasteiger partial charge on any atom is 0.215 e. The van der Waals surface area contributed by atoms with Crippen molar-refractivity contribution in [2.24, 2.45) is 12.0 Å². The van der Waals surface area contributed by atoms with Gasteiger partial charge in [-0.3, -0.25) is 9.39 Å². The van der Waals surface area contributed by atoms with E-state index >= 15 is 0 Å². The number of rotatable bonds is 2. The summed E-state index contributed by atoms with van der Waals surface area (Å²) >= 11 is 0. The molecule has 5 nitrogen and oxygen atoms in total. The van der Waals surface area contributed by atoms with Gasteiger partial charge in [0.05, 0.1) is 16.6 Å². The summed E-state index contributed by atoms with van der Waals surface area (Å²) in [7, 11) is 2.04. The van der Waals surface area contributed by atoms with Gasteiger partial charge in [0.2, 0.25) is 5.78 Å². The van der Waals surface area contributed by atoms with E-state index in [2.05, 4.69) is 38.9 Å². The first-order valence-corrected chi connectivity index (χ1v) is 8.11. The topological polar surface area (TPSA) is 47.7 Å². The number of para-hydroxylation sites is 2. The number of fused-ring (bicyclic) bond motifs is 7. The van der Waals surface area contributed by atoms with Gasteiger partial charge in [0.15, 0.2) is 5.58 Å². The molecule has 2 aromatic carbocycles. The number of benzene rings is 2. The van der Waals surface area contributed by atoms with Crippen LogP contribution in [0.4, 0.5) is 0 Å². The van der Waals surface area contributed by atoms with E-state index in [1.165, 1.54) is 0 Å². The van der Waals surface area contributed by atoms with Gasteiger partial charge in [-0.2, -0.15) is 0 Å². The molecule has 5 rings (SSSR count). The number of hydrogen-bond acceptors (Lipinski definition) is 3. The van der Waals surface area contributed by atoms with Crippen LogP contribution in [0, 0.1) is 6.92 Å². The SMILES string of the molecule is C=N/C=C\c1c(C)oc2c1ccc1c2n2c3ccccc3nc2n1C. The summed E-state index contributed by atoms with van der Waals surface area (Å²) in [5, 5.41) is 1.06. The van der Waals surface area contributed by atoms with Crippen LogP contribution in [0.2, 0.25) is 0 Å². The lowest BCUT2D eigenvalue weighted by atomic mass is 10.1. The van der Waals surface area contributed by atoms with Gasteiger partial charge >= 0.3 is 0 Å². The lowest BCUT2D eigenvalue weighted by Crippen LogP contribution is -1.87. The van der Waals surface area contributed by atoms with E-state index in [1.54, 1.807) is 6.20 Å². The van der Waals surface area contributed by atoms with Crippen molar-refractivity contribution in [3.63, 3.8) is 0 Å². The fourth-order valence-electron chi connectivity index (χ4n) is 3.66. The van der Waals surface area contributed by atoms with E-state index in [9.17, 15) is 0 Å². The largest absolute Gasteiger partial charge is 0.458 e. The molecule has 0 amide bonds. The highest BCUT2D eigenvalue weighted by molar-refractivity contribution is 6.07. The zero-order valence-corrected chi connectivity index (χ0v) is 14.0. The fourth-order valence-corrected chi connectivity index (χ4v) is 3.66. The summed E-state index contributed by atoms with van der Waals surface area (Å²) in [4.78, 5) is 8.60. The van der Waals surface area contributed by atoms with Crippen molar-refractivity contribution in [1.82, 2.24) is 14.0 Å². The summed E-state index contributed by atoms with van der Waals surface area (Å²) < 4.78 is 10.5. The number of aromatic nitrogens is 3. The summed E-state index contributed by atoms with van der Waals surface area (Å²) in [6.45, 7) is 5.48. The molecule has 3 heterocycles. The van der Waals surface area contributed by atoms with Crippen LogP contribution in [-0.2, 0) is 7.05 Å². The van der Waals surface area contributed by atoms with Crippen LogP contribution in [0.15, 0.2) is 52.0 Å². The van der Waals surface area contributed by atoms with Gasteiger partial charge in [0.25, 0.3) is 0 Å². The molecule has 0 saturated heterocycles. The number of aryl methyl sites for hydroxylation is 2. The number of aliphatic imine (C=N–C) groups is 1. The molecule has 25 heavy (non-hydrogen) atoms. The van der Waals surface area contributed by atoms with Crippen molar-refractivity contribution in [2.45, 2.75) is 6.92 Å². The molecule has 0 radical (unpaired) electrons. The monoisotopic (exact) mass is 328 g/mol. The summed E-state index contributed by atoms with van der Waals surface area (Å²) in [6, 6.07) is 12.4. The average molecular weight is 328 g/mol. The van der Waals surface area contributed by atoms with Gasteiger partial charge < -0.3 is 8.98 Å². The first-order chi connectivity index (χ1) is 12.2. The zero-order chi connectivity index (χ0) is 17.1. The van der Waals surface area contributed by atoms with Gasteiger partial charge in [-0.05, 0) is 44.0 Å². The summed E-state index contributed by atoms with van der Waals surface area (Å²) in [5.74, 6) is 1.77. The Morgan fingerprint density at radius 2 is 2.00 bits per heavy atom. The Bertz CT molecular complexity index is 1330. The molecule has 5 heteroatoms. The molecule has 0 N–H and O–H groups in total. The summed E-state index contributed by atoms with van der Waals surface area (Å²) in [6.07, 6.45) is 3.63. The number of hydrogen-bond donors (Lipinski definition) is 0. The van der Waals surface area contributed by atoms with Crippen LogP contribution < -0.4 is 0 Å². The lowest BCUT2D eigenvalue weighted by molar-refractivity contribution is 0.579. The summed E-state index contributed by atoms with van der Waals surface area (Å²) in [5.41, 5.74) is 6.09. The smallest absolute Gasteiger partial charge is 0.215 e. The number of furan rings is 1. The third kappa shape index (κ3) is 1.72. The second kappa shape index (κ2) is 4.83. The van der Waals surface area contributed by atoms with Crippen LogP contribution in [0.25, 0.3) is 44.9 Å². The minimum atomic E-state index is 0.865. The second-order valence-corrected chi connectivity index (χ2v) is 6.18. The van der Waals surface area contributed by atoms with Gasteiger partial charge in [-0.25, -0.2) is 4.98 Å². The minimum absolute atomic E-state index is 0.865. The van der Waals surface area contributed by atoms with E-state index in [-0.39, 0.29) is 0 Å². The fraction of sp³-hybridized carbons (Fsp3) is 0.100. The van der Waals surface area contributed by atoms with Crippen molar-refractivity contribution in [2.75, 3.05) is 0 Å². The van der Waals surface area contributed by atoms with Crippen molar-refractivity contribution >= 4 is 51.6 Å². The number of imidazole rings is 2. The van der Waals surface area contributed by atoms with Crippen LogP contribution in [0.5, 0.6) is 0 Å². The van der Waals surface area contributed by atoms with E-state index < -0.39 is 0 Å². The Kier molecular flexibility index (Phi) is 2.71. The molecule has 0 aliphatic carbocycles. The quantitative estimate of drug-likeness (QED) is 0.441. The molecular formula is C20H16N4O. The molecule has 0 saturated carbocycles. The molecule has 3 aromatic heterocycles. The highest BCUT2D eigenvalue weighted by atomic mass is 16.3. The maximum absolute atomic E-state index is 6.17. The molecule has 5 aromatic rings. The molecular weight excluding hydrogens is 312 g/mol. The maximum atomic E-state index is 6.17. The van der Waals surface area contributed by atoms with E-state index in [4.69, 9.17) is 9.40 Å². The van der Waals surface area contributed by atoms with Crippen LogP contribution in [0.1, 0.15) is 11.3 Å². The minimum Gasteiger partial charge on any atom is -0.458 e. The van der Waals surface area contributed by atoms with Gasteiger partial charge in [0, 0.05) is 24.2 Å². The van der Waals surface area contributed by atoms with Crippen molar-refractivity contribution in [3.8, 4) is 0 Å². The van der Waals surface area contributed by atoms with Crippen molar-refractivity contribution in [1.29, 1.82) is 0 Å². The van der Waals surface area contributed by atoms with E-state index in [0.29, 0.717) is 0 Å². The molecule has 0 bridgehead atoms. The predicted octanol–water partition coefficient (Wildman–Crippen LogP) is 4.71. The molecule has 0 spiro atoms. The number of nitrogens with zero attached hydrogens (tertiary/aromatic N) is 4. The second-order valence-electron chi connectivity index (χ2n) is 6.18. The van der Waals surface area contributed by atoms with Gasteiger partial charge in [-0.15, -0.1) is 0 Å². The van der Waals surface area contributed by atoms with Crippen LogP contribution in [-0.4, -0.2) is 20.7 Å². The third-order valence-corrected chi connectivity index (χ3v) is 4.81. The Balaban J connectivity index is 2.04. The van der Waals surface area contributed by atoms with Crippen LogP contribution in [0.3, 0.4) is 0 Å². The standard InChI is InChI=1S/C20H16N4O/c1-12-13(10-11-21-2)14-8-9-17-18(19(14)25-12)24-16-7-5-4-6-15(16)22-20(24)23(17)3/h4-11H,2H2,1,3H3/b11-10-. The Labute approximate surface area is 143 Å². The Morgan fingerprint density at radius 1 is 1.16 bits per heavy atom. The Morgan fingerprint density at radius 3 is 2.84 bits per heavy atom. The molecule has 0 fully saturated rings. The van der Waals surface area contributed by atoms with Gasteiger partial charge in [0.1, 0.15) is 11.3 Å². The van der Waals surface area contributed by atoms with E-state index in [0.717, 1.165) is 50.1 Å². The first kappa shape index (κ1) is 14.0. The highest BCUT2D eigenvalue weighted by Crippen LogP contribution is 2.35. The average Bonchev–Trinajstić information content (AvgIpc) is 3.23. The molecule has 0 aliphatic heterocycles. The van der Waals surface area contributed by atoms with Crippen molar-refractivity contribution in [3.05, 3.63) is 53.9 Å². The van der Waals surface area contributed by atoms with E-state index in [1.807, 2.05) is 38.2 Å². The Hall–Kier alpha value is -3.34. The zero-order valence-electron chi connectivity index (χ0n) is 14.0. The third-order valence-electron chi connectivity index (χ3n) is 4.81. The first-order valence-electron chi connectivity index (χ1n) is 8.11.